The third-order valence-corrected chi connectivity index (χ3v) is 3.01. The molecule has 2 rings (SSSR count). The zero-order valence-corrected chi connectivity index (χ0v) is 13.5. The summed E-state index contributed by atoms with van der Waals surface area (Å²) < 4.78 is 9.82. The van der Waals surface area contributed by atoms with Gasteiger partial charge in [0.2, 0.25) is 0 Å². The highest BCUT2D eigenvalue weighted by atomic mass is 16.6. The van der Waals surface area contributed by atoms with Crippen LogP contribution in [0.2, 0.25) is 0 Å². The van der Waals surface area contributed by atoms with Gasteiger partial charge in [-0.2, -0.15) is 0 Å². The second-order valence-electron chi connectivity index (χ2n) is 5.00. The quantitative estimate of drug-likeness (QED) is 0.411. The maximum atomic E-state index is 12.3. The zero-order valence-electron chi connectivity index (χ0n) is 13.5. The fourth-order valence-corrected chi connectivity index (χ4v) is 2.00. The van der Waals surface area contributed by atoms with Gasteiger partial charge in [-0.1, -0.05) is 0 Å². The molecule has 0 aliphatic carbocycles. The van der Waals surface area contributed by atoms with Crippen molar-refractivity contribution in [1.82, 2.24) is 15.8 Å². The Bertz CT molecular complexity index is 759. The van der Waals surface area contributed by atoms with E-state index in [0.717, 1.165) is 11.9 Å². The number of ether oxygens (including phenoxy) is 2. The van der Waals surface area contributed by atoms with E-state index in [2.05, 4.69) is 10.7 Å². The van der Waals surface area contributed by atoms with E-state index in [-0.39, 0.29) is 30.2 Å². The van der Waals surface area contributed by atoms with Crippen molar-refractivity contribution in [3.05, 3.63) is 23.8 Å². The van der Waals surface area contributed by atoms with E-state index < -0.39 is 29.7 Å². The van der Waals surface area contributed by atoms with Gasteiger partial charge in [0.25, 0.3) is 5.91 Å². The fourth-order valence-electron chi connectivity index (χ4n) is 2.00. The molecule has 132 valence electrons. The summed E-state index contributed by atoms with van der Waals surface area (Å²) in [7, 11) is 0. The van der Waals surface area contributed by atoms with Gasteiger partial charge >= 0.3 is 23.8 Å². The number of piperazine rings is 1. The molecule has 1 heterocycles. The Morgan fingerprint density at radius 2 is 1.72 bits per heavy atom. The van der Waals surface area contributed by atoms with Gasteiger partial charge in [-0.15, -0.1) is 0 Å². The Kier molecular flexibility index (Phi) is 5.32. The smallest absolute Gasteiger partial charge is 0.330 e. The van der Waals surface area contributed by atoms with E-state index in [4.69, 9.17) is 9.47 Å². The van der Waals surface area contributed by atoms with Gasteiger partial charge in [0.05, 0.1) is 6.54 Å². The first-order valence-electron chi connectivity index (χ1n) is 7.19. The van der Waals surface area contributed by atoms with Gasteiger partial charge in [0.15, 0.2) is 11.5 Å². The minimum absolute atomic E-state index is 0.0333. The molecule has 0 bridgehead atoms. The van der Waals surface area contributed by atoms with E-state index in [9.17, 15) is 24.0 Å². The molecule has 2 N–H and O–H groups in total. The first-order chi connectivity index (χ1) is 11.8. The average Bonchev–Trinajstić information content (AvgIpc) is 2.52. The van der Waals surface area contributed by atoms with Gasteiger partial charge < -0.3 is 14.8 Å². The van der Waals surface area contributed by atoms with Crippen LogP contribution in [-0.2, 0) is 19.2 Å². The molecule has 0 spiro atoms. The third kappa shape index (κ3) is 4.53. The van der Waals surface area contributed by atoms with Crippen LogP contribution < -0.4 is 20.2 Å². The first kappa shape index (κ1) is 17.9. The molecule has 3 amide bonds. The Morgan fingerprint density at radius 1 is 1.08 bits per heavy atom. The van der Waals surface area contributed by atoms with E-state index in [1.807, 2.05) is 0 Å². The summed E-state index contributed by atoms with van der Waals surface area (Å²) in [5.74, 6) is -3.88. The number of esters is 2. The Morgan fingerprint density at radius 3 is 2.36 bits per heavy atom. The van der Waals surface area contributed by atoms with Crippen LogP contribution in [0.5, 0.6) is 11.5 Å². The lowest BCUT2D eigenvalue weighted by Crippen LogP contribution is -2.58. The number of hydrazine groups is 1. The highest BCUT2D eigenvalue weighted by Gasteiger charge is 2.28. The molecule has 0 radical (unpaired) electrons. The van der Waals surface area contributed by atoms with E-state index in [1.165, 1.54) is 25.1 Å². The van der Waals surface area contributed by atoms with E-state index >= 15 is 0 Å². The summed E-state index contributed by atoms with van der Waals surface area (Å²) in [4.78, 5) is 57.4. The van der Waals surface area contributed by atoms with Crippen molar-refractivity contribution >= 4 is 29.7 Å². The number of nitrogens with zero attached hydrogens (tertiary/aromatic N) is 1. The molecule has 0 unspecified atom stereocenters. The number of amides is 3. The summed E-state index contributed by atoms with van der Waals surface area (Å²) in [5.41, 5.74) is 2.33. The molecule has 1 saturated heterocycles. The molecule has 0 saturated carbocycles. The molecule has 10 heteroatoms. The lowest BCUT2D eigenvalue weighted by molar-refractivity contribution is -0.149. The minimum atomic E-state index is -0.892. The minimum Gasteiger partial charge on any atom is -0.423 e. The molecule has 25 heavy (non-hydrogen) atoms. The second-order valence-corrected chi connectivity index (χ2v) is 5.00. The molecule has 1 aromatic carbocycles. The monoisotopic (exact) mass is 349 g/mol. The number of nitrogens with one attached hydrogen (secondary N) is 2. The molecule has 1 aromatic rings. The van der Waals surface area contributed by atoms with Crippen molar-refractivity contribution in [2.45, 2.75) is 13.8 Å². The number of benzene rings is 1. The predicted octanol–water partition coefficient (Wildman–Crippen LogP) is -0.860. The summed E-state index contributed by atoms with van der Waals surface area (Å²) in [6.45, 7) is 2.63. The number of hydrogen-bond donors (Lipinski definition) is 2. The molecule has 1 aliphatic rings. The van der Waals surface area contributed by atoms with Gasteiger partial charge in [-0.3, -0.25) is 29.4 Å². The van der Waals surface area contributed by atoms with Crippen LogP contribution in [0.3, 0.4) is 0 Å². The van der Waals surface area contributed by atoms with E-state index in [1.54, 1.807) is 0 Å². The topological polar surface area (TPSA) is 131 Å². The van der Waals surface area contributed by atoms with Crippen molar-refractivity contribution < 1.29 is 33.4 Å². The largest absolute Gasteiger partial charge is 0.423 e. The summed E-state index contributed by atoms with van der Waals surface area (Å²) in [5, 5.41) is 3.23. The predicted molar refractivity (Wildman–Crippen MR) is 81.2 cm³/mol. The van der Waals surface area contributed by atoms with Crippen LogP contribution in [-0.4, -0.2) is 47.8 Å². The summed E-state index contributed by atoms with van der Waals surface area (Å²) >= 11 is 0. The Balaban J connectivity index is 2.21. The van der Waals surface area contributed by atoms with Gasteiger partial charge in [-0.25, -0.2) is 5.01 Å². The van der Waals surface area contributed by atoms with Crippen molar-refractivity contribution in [2.24, 2.45) is 0 Å². The number of carbonyl (C=O) groups is 5. The maximum Gasteiger partial charge on any atom is 0.330 e. The lowest BCUT2D eigenvalue weighted by atomic mass is 10.2. The molecule has 1 fully saturated rings. The van der Waals surface area contributed by atoms with E-state index in [0.29, 0.717) is 0 Å². The number of hydrogen-bond acceptors (Lipinski definition) is 7. The maximum absolute atomic E-state index is 12.3. The average molecular weight is 349 g/mol. The normalized spacial score (nSPS) is 13.8. The second kappa shape index (κ2) is 7.43. The van der Waals surface area contributed by atoms with Gasteiger partial charge in [0.1, 0.15) is 0 Å². The van der Waals surface area contributed by atoms with Crippen LogP contribution in [0.4, 0.5) is 0 Å². The van der Waals surface area contributed by atoms with Crippen molar-refractivity contribution in [2.75, 3.05) is 13.1 Å². The SMILES string of the molecule is CC(=O)Oc1ccc(C(=O)NN2CCNC(=O)C2=O)cc1OC(C)=O. The highest BCUT2D eigenvalue weighted by molar-refractivity contribution is 6.35. The van der Waals surface area contributed by atoms with Crippen molar-refractivity contribution in [3.8, 4) is 11.5 Å². The molecular formula is C15H15N3O7. The Labute approximate surface area is 142 Å². The fraction of sp³-hybridized carbons (Fsp3) is 0.267. The van der Waals surface area contributed by atoms with Crippen molar-refractivity contribution in [3.63, 3.8) is 0 Å². The molecule has 10 nitrogen and oxygen atoms in total. The standard InChI is InChI=1S/C15H15N3O7/c1-8(19)24-11-4-3-10(7-12(11)25-9(2)20)13(21)17-18-6-5-16-14(22)15(18)23/h3-4,7H,5-6H2,1-2H3,(H,16,22)(H,17,21). The molecular weight excluding hydrogens is 334 g/mol. The third-order valence-electron chi connectivity index (χ3n) is 3.01. The molecule has 0 aromatic heterocycles. The van der Waals surface area contributed by atoms with Crippen LogP contribution >= 0.6 is 0 Å². The Hall–Kier alpha value is -3.43. The van der Waals surface area contributed by atoms with Crippen LogP contribution in [0.1, 0.15) is 24.2 Å². The summed E-state index contributed by atoms with van der Waals surface area (Å²) in [6.07, 6.45) is 0. The van der Waals surface area contributed by atoms with Crippen LogP contribution in [0, 0.1) is 0 Å². The number of rotatable bonds is 4. The van der Waals surface area contributed by atoms with Gasteiger partial charge in [-0.05, 0) is 18.2 Å². The lowest BCUT2D eigenvalue weighted by Gasteiger charge is -2.26. The summed E-state index contributed by atoms with van der Waals surface area (Å²) in [6, 6.07) is 3.78. The number of carbonyl (C=O) groups excluding carboxylic acids is 5. The molecule has 0 atom stereocenters. The molecule has 1 aliphatic heterocycles. The zero-order chi connectivity index (χ0) is 18.6. The van der Waals surface area contributed by atoms with Crippen LogP contribution in [0.25, 0.3) is 0 Å². The van der Waals surface area contributed by atoms with Crippen LogP contribution in [0.15, 0.2) is 18.2 Å². The highest BCUT2D eigenvalue weighted by Crippen LogP contribution is 2.29. The van der Waals surface area contributed by atoms with Crippen molar-refractivity contribution in [1.29, 1.82) is 0 Å². The van der Waals surface area contributed by atoms with Gasteiger partial charge in [0, 0.05) is 26.0 Å². The first-order valence-corrected chi connectivity index (χ1v) is 7.19.